The molecule has 1 N–H and O–H groups in total. The van der Waals surface area contributed by atoms with E-state index in [2.05, 4.69) is 5.32 Å². The molecule has 1 saturated heterocycles. The fraction of sp³-hybridized carbons (Fsp3) is 0.304. The van der Waals surface area contributed by atoms with Gasteiger partial charge in [-0.1, -0.05) is 25.1 Å². The molecule has 0 radical (unpaired) electrons. The summed E-state index contributed by atoms with van der Waals surface area (Å²) in [4.78, 5) is 14.6. The lowest BCUT2D eigenvalue weighted by atomic mass is 10.0. The molecule has 1 amide bonds. The van der Waals surface area contributed by atoms with Gasteiger partial charge in [0.2, 0.25) is 0 Å². The second kappa shape index (κ2) is 8.71. The molecule has 0 atom stereocenters. The van der Waals surface area contributed by atoms with E-state index in [1.54, 1.807) is 6.07 Å². The minimum Gasteiger partial charge on any atom is -0.369 e. The summed E-state index contributed by atoms with van der Waals surface area (Å²) in [5.74, 6) is -0.820. The standard InChI is InChI=1S/C23H24FN3O/c1-3-17-8-4-5-9-21(17)26-23(28)19(15-25)13-18-14-20(24)22(12-16(18)2)27-10-6-7-11-27/h4-5,8-9,12-14H,3,6-7,10-11H2,1-2H3,(H,26,28). The summed E-state index contributed by atoms with van der Waals surface area (Å²) < 4.78 is 14.6. The number of nitrogens with one attached hydrogen (secondary N) is 1. The van der Waals surface area contributed by atoms with Crippen molar-refractivity contribution in [2.75, 3.05) is 23.3 Å². The van der Waals surface area contributed by atoms with Crippen molar-refractivity contribution in [3.05, 3.63) is 64.5 Å². The molecule has 0 aromatic heterocycles. The van der Waals surface area contributed by atoms with E-state index >= 15 is 0 Å². The Bertz CT molecular complexity index is 953. The zero-order valence-corrected chi connectivity index (χ0v) is 16.3. The summed E-state index contributed by atoms with van der Waals surface area (Å²) in [7, 11) is 0. The van der Waals surface area contributed by atoms with E-state index in [0.717, 1.165) is 43.5 Å². The Morgan fingerprint density at radius 2 is 2.00 bits per heavy atom. The fourth-order valence-electron chi connectivity index (χ4n) is 3.48. The second-order valence-electron chi connectivity index (χ2n) is 6.99. The molecule has 0 bridgehead atoms. The molecule has 1 heterocycles. The van der Waals surface area contributed by atoms with Crippen LogP contribution in [0.3, 0.4) is 0 Å². The summed E-state index contributed by atoms with van der Waals surface area (Å²) in [6, 6.07) is 12.6. The predicted molar refractivity (Wildman–Crippen MR) is 111 cm³/mol. The van der Waals surface area contributed by atoms with Gasteiger partial charge in [-0.15, -0.1) is 0 Å². The molecule has 2 aromatic carbocycles. The van der Waals surface area contributed by atoms with Crippen LogP contribution in [0.4, 0.5) is 15.8 Å². The number of nitriles is 1. The SMILES string of the molecule is CCc1ccccc1NC(=O)C(C#N)=Cc1cc(F)c(N2CCCC2)cc1C. The van der Waals surface area contributed by atoms with Crippen molar-refractivity contribution >= 4 is 23.4 Å². The van der Waals surface area contributed by atoms with Gasteiger partial charge in [0.15, 0.2) is 0 Å². The van der Waals surface area contributed by atoms with Gasteiger partial charge in [-0.25, -0.2) is 4.39 Å². The third-order valence-electron chi connectivity index (χ3n) is 5.09. The van der Waals surface area contributed by atoms with Crippen LogP contribution in [0.15, 0.2) is 42.0 Å². The van der Waals surface area contributed by atoms with Gasteiger partial charge in [0, 0.05) is 18.8 Å². The number of carbonyl (C=O) groups is 1. The lowest BCUT2D eigenvalue weighted by Crippen LogP contribution is -2.19. The summed E-state index contributed by atoms with van der Waals surface area (Å²) in [6.07, 6.45) is 4.36. The van der Waals surface area contributed by atoms with Crippen LogP contribution in [0.25, 0.3) is 6.08 Å². The van der Waals surface area contributed by atoms with Gasteiger partial charge in [-0.05, 0) is 67.2 Å². The maximum absolute atomic E-state index is 14.6. The Kier molecular flexibility index (Phi) is 6.10. The summed E-state index contributed by atoms with van der Waals surface area (Å²) in [6.45, 7) is 5.58. The molecule has 2 aromatic rings. The number of hydrogen-bond acceptors (Lipinski definition) is 3. The number of halogens is 1. The van der Waals surface area contributed by atoms with E-state index in [4.69, 9.17) is 0 Å². The molecule has 0 spiro atoms. The Labute approximate surface area is 165 Å². The highest BCUT2D eigenvalue weighted by atomic mass is 19.1. The Balaban J connectivity index is 1.87. The van der Waals surface area contributed by atoms with Crippen LogP contribution in [-0.2, 0) is 11.2 Å². The molecule has 5 heteroatoms. The zero-order valence-electron chi connectivity index (χ0n) is 16.3. The number of aryl methyl sites for hydroxylation is 2. The van der Waals surface area contributed by atoms with E-state index in [0.29, 0.717) is 16.9 Å². The molecular weight excluding hydrogens is 353 g/mol. The largest absolute Gasteiger partial charge is 0.369 e. The highest BCUT2D eigenvalue weighted by Crippen LogP contribution is 2.28. The van der Waals surface area contributed by atoms with Crippen LogP contribution in [0.5, 0.6) is 0 Å². The average molecular weight is 377 g/mol. The van der Waals surface area contributed by atoms with Crippen LogP contribution in [0.2, 0.25) is 0 Å². The number of para-hydroxylation sites is 1. The number of carbonyl (C=O) groups excluding carboxylic acids is 1. The van der Waals surface area contributed by atoms with Crippen LogP contribution >= 0.6 is 0 Å². The van der Waals surface area contributed by atoms with Crippen molar-refractivity contribution in [3.8, 4) is 6.07 Å². The van der Waals surface area contributed by atoms with Crippen molar-refractivity contribution in [2.24, 2.45) is 0 Å². The first-order valence-corrected chi connectivity index (χ1v) is 9.59. The van der Waals surface area contributed by atoms with Gasteiger partial charge >= 0.3 is 0 Å². The quantitative estimate of drug-likeness (QED) is 0.599. The lowest BCUT2D eigenvalue weighted by Gasteiger charge is -2.19. The summed E-state index contributed by atoms with van der Waals surface area (Å²) in [5.41, 5.74) is 3.58. The van der Waals surface area contributed by atoms with Crippen molar-refractivity contribution in [1.29, 1.82) is 5.26 Å². The predicted octanol–water partition coefficient (Wildman–Crippen LogP) is 4.84. The van der Waals surface area contributed by atoms with Crippen molar-refractivity contribution in [1.82, 2.24) is 0 Å². The average Bonchev–Trinajstić information content (AvgIpc) is 3.23. The van der Waals surface area contributed by atoms with Crippen molar-refractivity contribution < 1.29 is 9.18 Å². The van der Waals surface area contributed by atoms with Crippen LogP contribution in [-0.4, -0.2) is 19.0 Å². The van der Waals surface area contributed by atoms with E-state index in [1.165, 1.54) is 12.1 Å². The zero-order chi connectivity index (χ0) is 20.1. The van der Waals surface area contributed by atoms with Gasteiger partial charge in [0.1, 0.15) is 17.5 Å². The number of nitrogens with zero attached hydrogens (tertiary/aromatic N) is 2. The molecule has 0 unspecified atom stereocenters. The molecule has 28 heavy (non-hydrogen) atoms. The minimum atomic E-state index is -0.494. The van der Waals surface area contributed by atoms with E-state index in [-0.39, 0.29) is 11.4 Å². The first kappa shape index (κ1) is 19.6. The van der Waals surface area contributed by atoms with E-state index < -0.39 is 5.91 Å². The first-order valence-electron chi connectivity index (χ1n) is 9.59. The van der Waals surface area contributed by atoms with Crippen molar-refractivity contribution in [2.45, 2.75) is 33.1 Å². The molecule has 0 aliphatic carbocycles. The first-order chi connectivity index (χ1) is 13.5. The third kappa shape index (κ3) is 4.23. The fourth-order valence-corrected chi connectivity index (χ4v) is 3.48. The number of hydrogen-bond donors (Lipinski definition) is 1. The maximum Gasteiger partial charge on any atom is 0.266 e. The topological polar surface area (TPSA) is 56.1 Å². The Morgan fingerprint density at radius 1 is 1.29 bits per heavy atom. The van der Waals surface area contributed by atoms with Crippen LogP contribution in [0.1, 0.15) is 36.5 Å². The maximum atomic E-state index is 14.6. The molecule has 0 saturated carbocycles. The van der Waals surface area contributed by atoms with Crippen LogP contribution < -0.4 is 10.2 Å². The van der Waals surface area contributed by atoms with Gasteiger partial charge in [-0.3, -0.25) is 4.79 Å². The van der Waals surface area contributed by atoms with E-state index in [9.17, 15) is 14.4 Å². The van der Waals surface area contributed by atoms with Gasteiger partial charge in [0.05, 0.1) is 5.69 Å². The van der Waals surface area contributed by atoms with Crippen molar-refractivity contribution in [3.63, 3.8) is 0 Å². The van der Waals surface area contributed by atoms with Gasteiger partial charge in [0.25, 0.3) is 5.91 Å². The van der Waals surface area contributed by atoms with Gasteiger partial charge in [-0.2, -0.15) is 5.26 Å². The number of anilines is 2. The molecule has 1 aliphatic heterocycles. The molecule has 1 fully saturated rings. The van der Waals surface area contributed by atoms with E-state index in [1.807, 2.05) is 49.1 Å². The smallest absolute Gasteiger partial charge is 0.266 e. The third-order valence-corrected chi connectivity index (χ3v) is 5.09. The molecule has 3 rings (SSSR count). The monoisotopic (exact) mass is 377 g/mol. The molecular formula is C23H24FN3O. The minimum absolute atomic E-state index is 0.0534. The number of amides is 1. The molecule has 4 nitrogen and oxygen atoms in total. The number of benzene rings is 2. The molecule has 1 aliphatic rings. The summed E-state index contributed by atoms with van der Waals surface area (Å²) in [5, 5.41) is 12.3. The highest BCUT2D eigenvalue weighted by Gasteiger charge is 2.18. The second-order valence-corrected chi connectivity index (χ2v) is 6.99. The number of rotatable bonds is 5. The van der Waals surface area contributed by atoms with Gasteiger partial charge < -0.3 is 10.2 Å². The lowest BCUT2D eigenvalue weighted by molar-refractivity contribution is -0.112. The van der Waals surface area contributed by atoms with Crippen LogP contribution in [0, 0.1) is 24.1 Å². The molecule has 144 valence electrons. The highest BCUT2D eigenvalue weighted by molar-refractivity contribution is 6.10. The normalized spacial score (nSPS) is 14.1. The Morgan fingerprint density at radius 3 is 2.68 bits per heavy atom. The summed E-state index contributed by atoms with van der Waals surface area (Å²) >= 11 is 0. The Hall–Kier alpha value is -3.13.